The predicted octanol–water partition coefficient (Wildman–Crippen LogP) is 5.92. The Labute approximate surface area is 168 Å². The lowest BCUT2D eigenvalue weighted by molar-refractivity contribution is -0.131. The van der Waals surface area contributed by atoms with Gasteiger partial charge < -0.3 is 4.74 Å². The van der Waals surface area contributed by atoms with Crippen molar-refractivity contribution in [2.24, 2.45) is 5.92 Å². The number of carbonyl (C=O) groups excluding carboxylic acids is 1. The molecule has 0 aliphatic heterocycles. The number of benzene rings is 1. The van der Waals surface area contributed by atoms with E-state index in [4.69, 9.17) is 9.72 Å². The number of aryl methyl sites for hydroxylation is 1. The molecule has 0 saturated carbocycles. The second-order valence-electron chi connectivity index (χ2n) is 7.95. The van der Waals surface area contributed by atoms with Crippen molar-refractivity contribution in [1.82, 2.24) is 9.97 Å². The summed E-state index contributed by atoms with van der Waals surface area (Å²) in [6, 6.07) is 7.39. The maximum absolute atomic E-state index is 11.0. The molecule has 4 heteroatoms. The number of hydrogen-bond donors (Lipinski definition) is 0. The number of hydrogen-bond acceptors (Lipinski definition) is 4. The number of rotatable bonds is 9. The molecule has 4 nitrogen and oxygen atoms in total. The van der Waals surface area contributed by atoms with Gasteiger partial charge in [0.05, 0.1) is 0 Å². The van der Waals surface area contributed by atoms with Crippen LogP contribution in [0.2, 0.25) is 0 Å². The summed E-state index contributed by atoms with van der Waals surface area (Å²) < 4.78 is 5.09. The van der Waals surface area contributed by atoms with E-state index in [0.29, 0.717) is 5.75 Å². The van der Waals surface area contributed by atoms with Gasteiger partial charge in [-0.25, -0.2) is 9.97 Å². The van der Waals surface area contributed by atoms with Crippen molar-refractivity contribution in [1.29, 1.82) is 0 Å². The highest BCUT2D eigenvalue weighted by Gasteiger charge is 2.20. The fourth-order valence-electron chi connectivity index (χ4n) is 4.02. The first-order valence-electron chi connectivity index (χ1n) is 10.8. The first-order valence-corrected chi connectivity index (χ1v) is 10.8. The maximum Gasteiger partial charge on any atom is 0.308 e. The zero-order valence-corrected chi connectivity index (χ0v) is 17.2. The molecule has 1 heterocycles. The van der Waals surface area contributed by atoms with Crippen LogP contribution in [0, 0.1) is 5.92 Å². The molecule has 0 fully saturated rings. The van der Waals surface area contributed by atoms with Crippen molar-refractivity contribution in [3.8, 4) is 17.1 Å². The monoisotopic (exact) mass is 380 g/mol. The second kappa shape index (κ2) is 10.4. The van der Waals surface area contributed by atoms with E-state index in [1.807, 2.05) is 18.3 Å². The molecule has 3 rings (SSSR count). The molecule has 1 unspecified atom stereocenters. The second-order valence-corrected chi connectivity index (χ2v) is 7.95. The first kappa shape index (κ1) is 20.5. The molecule has 0 bridgehead atoms. The molecule has 1 atom stereocenters. The summed E-state index contributed by atoms with van der Waals surface area (Å²) >= 11 is 0. The highest BCUT2D eigenvalue weighted by atomic mass is 16.5. The summed E-state index contributed by atoms with van der Waals surface area (Å²) in [5, 5.41) is 0. The van der Waals surface area contributed by atoms with E-state index in [0.717, 1.165) is 30.1 Å². The average molecular weight is 381 g/mol. The Balaban J connectivity index is 1.54. The molecule has 150 valence electrons. The van der Waals surface area contributed by atoms with E-state index >= 15 is 0 Å². The van der Waals surface area contributed by atoms with Crippen LogP contribution < -0.4 is 4.74 Å². The minimum absolute atomic E-state index is 0.312. The molecule has 1 aliphatic rings. The number of carbonyl (C=O) groups is 1. The third-order valence-corrected chi connectivity index (χ3v) is 5.59. The van der Waals surface area contributed by atoms with E-state index < -0.39 is 0 Å². The van der Waals surface area contributed by atoms with E-state index in [-0.39, 0.29) is 5.97 Å². The molecular formula is C24H32N2O2. The lowest BCUT2D eigenvalue weighted by Crippen LogP contribution is -2.16. The van der Waals surface area contributed by atoms with Gasteiger partial charge in [0.25, 0.3) is 0 Å². The van der Waals surface area contributed by atoms with E-state index in [9.17, 15) is 4.79 Å². The van der Waals surface area contributed by atoms with Crippen molar-refractivity contribution in [3.05, 3.63) is 41.7 Å². The first-order chi connectivity index (χ1) is 13.7. The van der Waals surface area contributed by atoms with Crippen LogP contribution in [0.15, 0.2) is 30.5 Å². The summed E-state index contributed by atoms with van der Waals surface area (Å²) in [7, 11) is 0. The topological polar surface area (TPSA) is 52.1 Å². The van der Waals surface area contributed by atoms with E-state index in [1.165, 1.54) is 69.5 Å². The van der Waals surface area contributed by atoms with Crippen LogP contribution in [0.1, 0.15) is 76.5 Å². The zero-order chi connectivity index (χ0) is 19.8. The number of fused-ring (bicyclic) bond motifs is 1. The highest BCUT2D eigenvalue weighted by Crippen LogP contribution is 2.29. The summed E-state index contributed by atoms with van der Waals surface area (Å²) in [6.07, 6.45) is 15.0. The Morgan fingerprint density at radius 2 is 1.86 bits per heavy atom. The van der Waals surface area contributed by atoms with Gasteiger partial charge in [-0.2, -0.15) is 0 Å². The van der Waals surface area contributed by atoms with Crippen molar-refractivity contribution in [2.75, 3.05) is 0 Å². The zero-order valence-electron chi connectivity index (χ0n) is 17.2. The smallest absolute Gasteiger partial charge is 0.308 e. The molecular weight excluding hydrogens is 348 g/mol. The van der Waals surface area contributed by atoms with E-state index in [1.54, 1.807) is 12.1 Å². The van der Waals surface area contributed by atoms with Crippen LogP contribution in [-0.2, 0) is 17.6 Å². The van der Waals surface area contributed by atoms with Gasteiger partial charge in [0.2, 0.25) is 0 Å². The van der Waals surface area contributed by atoms with Crippen LogP contribution in [0.25, 0.3) is 11.4 Å². The molecule has 0 saturated heterocycles. The number of nitrogens with zero attached hydrogens (tertiary/aromatic N) is 2. The van der Waals surface area contributed by atoms with Crippen LogP contribution in [0.5, 0.6) is 5.75 Å². The Bertz CT molecular complexity index is 771. The summed E-state index contributed by atoms with van der Waals surface area (Å²) in [5.41, 5.74) is 3.48. The molecule has 1 aromatic heterocycles. The quantitative estimate of drug-likeness (QED) is 0.308. The van der Waals surface area contributed by atoms with Gasteiger partial charge in [0.1, 0.15) is 5.75 Å². The fourth-order valence-corrected chi connectivity index (χ4v) is 4.02. The molecule has 1 aliphatic carbocycles. The van der Waals surface area contributed by atoms with Gasteiger partial charge in [-0.3, -0.25) is 4.79 Å². The van der Waals surface area contributed by atoms with Gasteiger partial charge in [0.15, 0.2) is 5.82 Å². The lowest BCUT2D eigenvalue weighted by atomic mass is 9.84. The maximum atomic E-state index is 11.0. The Hall–Kier alpha value is -2.23. The van der Waals surface area contributed by atoms with Gasteiger partial charge in [0, 0.05) is 24.4 Å². The van der Waals surface area contributed by atoms with Crippen molar-refractivity contribution >= 4 is 5.97 Å². The standard InChI is InChI=1S/C24H32N2O2/c1-3-4-5-6-7-8-9-19-10-15-23-21(16-19)17-25-24(26-23)20-11-13-22(14-12-20)28-18(2)27/h11-14,17,19H,3-10,15-16H2,1-2H3. The Kier molecular flexibility index (Phi) is 7.58. The van der Waals surface area contributed by atoms with E-state index in [2.05, 4.69) is 11.9 Å². The van der Waals surface area contributed by atoms with Crippen LogP contribution >= 0.6 is 0 Å². The minimum Gasteiger partial charge on any atom is -0.427 e. The van der Waals surface area contributed by atoms with Crippen molar-refractivity contribution in [3.63, 3.8) is 0 Å². The predicted molar refractivity (Wildman–Crippen MR) is 112 cm³/mol. The molecule has 0 amide bonds. The van der Waals surface area contributed by atoms with Crippen molar-refractivity contribution in [2.45, 2.75) is 78.1 Å². The van der Waals surface area contributed by atoms with Crippen LogP contribution in [-0.4, -0.2) is 15.9 Å². The normalized spacial score (nSPS) is 15.9. The lowest BCUT2D eigenvalue weighted by Gasteiger charge is -2.24. The van der Waals surface area contributed by atoms with Gasteiger partial charge in [-0.1, -0.05) is 51.9 Å². The SMILES string of the molecule is CCCCCCCCC1CCc2nc(-c3ccc(OC(C)=O)cc3)ncc2C1. The number of unbranched alkanes of at least 4 members (excludes halogenated alkanes) is 5. The third-order valence-electron chi connectivity index (χ3n) is 5.59. The summed E-state index contributed by atoms with van der Waals surface area (Å²) in [5.74, 6) is 1.78. The largest absolute Gasteiger partial charge is 0.427 e. The Morgan fingerprint density at radius 1 is 1.11 bits per heavy atom. The van der Waals surface area contributed by atoms with Crippen molar-refractivity contribution < 1.29 is 9.53 Å². The minimum atomic E-state index is -0.312. The fraction of sp³-hybridized carbons (Fsp3) is 0.542. The van der Waals surface area contributed by atoms with Crippen LogP contribution in [0.4, 0.5) is 0 Å². The highest BCUT2D eigenvalue weighted by molar-refractivity contribution is 5.69. The number of ether oxygens (including phenoxy) is 1. The van der Waals surface area contributed by atoms with Gasteiger partial charge in [-0.05, 0) is 55.0 Å². The summed E-state index contributed by atoms with van der Waals surface area (Å²) in [4.78, 5) is 20.5. The molecule has 28 heavy (non-hydrogen) atoms. The Morgan fingerprint density at radius 3 is 2.61 bits per heavy atom. The average Bonchev–Trinajstić information content (AvgIpc) is 2.70. The third kappa shape index (κ3) is 5.88. The molecule has 1 aromatic carbocycles. The van der Waals surface area contributed by atoms with Crippen LogP contribution in [0.3, 0.4) is 0 Å². The number of esters is 1. The van der Waals surface area contributed by atoms with Gasteiger partial charge in [-0.15, -0.1) is 0 Å². The number of aromatic nitrogens is 2. The summed E-state index contributed by atoms with van der Waals surface area (Å²) in [6.45, 7) is 3.67. The molecule has 0 spiro atoms. The molecule has 0 radical (unpaired) electrons. The molecule has 2 aromatic rings. The van der Waals surface area contributed by atoms with Gasteiger partial charge >= 0.3 is 5.97 Å². The molecule has 0 N–H and O–H groups in total.